The van der Waals surface area contributed by atoms with E-state index in [-0.39, 0.29) is 18.4 Å². The summed E-state index contributed by atoms with van der Waals surface area (Å²) in [5.74, 6) is -0.643. The molecule has 0 unspecified atom stereocenters. The van der Waals surface area contributed by atoms with Crippen molar-refractivity contribution >= 4 is 28.3 Å². The molecular weight excluding hydrogens is 276 g/mol. The van der Waals surface area contributed by atoms with E-state index in [1.807, 2.05) is 13.8 Å². The normalized spacial score (nSPS) is 10.1. The molecule has 0 saturated carbocycles. The fourth-order valence-electron chi connectivity index (χ4n) is 1.45. The molecule has 0 aliphatic heterocycles. The number of hydrogen-bond donors (Lipinski definition) is 2. The van der Waals surface area contributed by atoms with E-state index in [1.165, 1.54) is 17.5 Å². The Hall–Kier alpha value is -2.28. The highest BCUT2D eigenvalue weighted by molar-refractivity contribution is 7.15. The summed E-state index contributed by atoms with van der Waals surface area (Å²) in [5, 5.41) is 5.72. The van der Waals surface area contributed by atoms with Crippen LogP contribution in [0.4, 0.5) is 5.13 Å². The Morgan fingerprint density at radius 2 is 2.15 bits per heavy atom. The van der Waals surface area contributed by atoms with Gasteiger partial charge in [0.2, 0.25) is 5.91 Å². The van der Waals surface area contributed by atoms with Crippen molar-refractivity contribution < 1.29 is 9.59 Å². The Balaban J connectivity index is 1.85. The molecule has 2 amide bonds. The third-order valence-electron chi connectivity index (χ3n) is 2.61. The van der Waals surface area contributed by atoms with Gasteiger partial charge in [0.25, 0.3) is 5.91 Å². The summed E-state index contributed by atoms with van der Waals surface area (Å²) < 4.78 is 0. The van der Waals surface area contributed by atoms with E-state index in [0.29, 0.717) is 10.7 Å². The quantitative estimate of drug-likeness (QED) is 0.894. The zero-order chi connectivity index (χ0) is 14.5. The molecule has 6 nitrogen and oxygen atoms in total. The summed E-state index contributed by atoms with van der Waals surface area (Å²) in [4.78, 5) is 32.5. The molecule has 0 spiro atoms. The molecule has 7 heteroatoms. The van der Waals surface area contributed by atoms with E-state index < -0.39 is 0 Å². The Bertz CT molecular complexity index is 605. The van der Waals surface area contributed by atoms with Crippen molar-refractivity contribution in [1.29, 1.82) is 0 Å². The van der Waals surface area contributed by atoms with Gasteiger partial charge in [-0.1, -0.05) is 0 Å². The molecule has 0 aromatic carbocycles. The second-order valence-corrected chi connectivity index (χ2v) is 5.34. The molecular formula is C13H14N4O2S. The summed E-state index contributed by atoms with van der Waals surface area (Å²) >= 11 is 1.41. The van der Waals surface area contributed by atoms with Crippen molar-refractivity contribution in [3.8, 4) is 0 Å². The maximum Gasteiger partial charge on any atom is 0.253 e. The van der Waals surface area contributed by atoms with Crippen LogP contribution in [0.3, 0.4) is 0 Å². The summed E-state index contributed by atoms with van der Waals surface area (Å²) in [5.41, 5.74) is 1.31. The number of aromatic nitrogens is 2. The van der Waals surface area contributed by atoms with Gasteiger partial charge < -0.3 is 10.6 Å². The molecule has 0 aliphatic carbocycles. The molecule has 0 bridgehead atoms. The molecule has 20 heavy (non-hydrogen) atoms. The van der Waals surface area contributed by atoms with Crippen LogP contribution in [0.5, 0.6) is 0 Å². The number of pyridine rings is 1. The monoisotopic (exact) mass is 290 g/mol. The number of nitrogens with one attached hydrogen (secondary N) is 2. The van der Waals surface area contributed by atoms with E-state index in [2.05, 4.69) is 20.6 Å². The molecule has 2 N–H and O–H groups in total. The SMILES string of the molecule is Cc1nc(NC(=O)CNC(=O)c2cccnc2)sc1C. The van der Waals surface area contributed by atoms with E-state index in [4.69, 9.17) is 0 Å². The van der Waals surface area contributed by atoms with Crippen LogP contribution in [0.25, 0.3) is 0 Å². The topological polar surface area (TPSA) is 84.0 Å². The predicted molar refractivity (Wildman–Crippen MR) is 76.8 cm³/mol. The summed E-state index contributed by atoms with van der Waals surface area (Å²) in [6.07, 6.45) is 3.03. The first-order valence-electron chi connectivity index (χ1n) is 5.98. The highest BCUT2D eigenvalue weighted by Gasteiger charge is 2.10. The van der Waals surface area contributed by atoms with Crippen LogP contribution in [-0.2, 0) is 4.79 Å². The number of rotatable bonds is 4. The average Bonchev–Trinajstić information content (AvgIpc) is 2.75. The van der Waals surface area contributed by atoms with Crippen LogP contribution >= 0.6 is 11.3 Å². The van der Waals surface area contributed by atoms with Gasteiger partial charge in [0, 0.05) is 17.3 Å². The van der Waals surface area contributed by atoms with Crippen molar-refractivity contribution in [3.63, 3.8) is 0 Å². The lowest BCUT2D eigenvalue weighted by Gasteiger charge is -2.04. The lowest BCUT2D eigenvalue weighted by Crippen LogP contribution is -2.32. The Morgan fingerprint density at radius 1 is 1.35 bits per heavy atom. The average molecular weight is 290 g/mol. The highest BCUT2D eigenvalue weighted by Crippen LogP contribution is 2.20. The van der Waals surface area contributed by atoms with Gasteiger partial charge >= 0.3 is 0 Å². The largest absolute Gasteiger partial charge is 0.343 e. The van der Waals surface area contributed by atoms with Crippen LogP contribution in [0.1, 0.15) is 20.9 Å². The van der Waals surface area contributed by atoms with E-state index in [9.17, 15) is 9.59 Å². The fourth-order valence-corrected chi connectivity index (χ4v) is 2.28. The van der Waals surface area contributed by atoms with Crippen molar-refractivity contribution in [2.24, 2.45) is 0 Å². The maximum absolute atomic E-state index is 11.7. The van der Waals surface area contributed by atoms with Gasteiger partial charge in [0.05, 0.1) is 17.8 Å². The minimum absolute atomic E-state index is 0.106. The number of carbonyl (C=O) groups is 2. The third kappa shape index (κ3) is 3.61. The Morgan fingerprint density at radius 3 is 2.75 bits per heavy atom. The molecule has 2 heterocycles. The van der Waals surface area contributed by atoms with Crippen LogP contribution in [-0.4, -0.2) is 28.3 Å². The fraction of sp³-hybridized carbons (Fsp3) is 0.231. The molecule has 2 aromatic rings. The van der Waals surface area contributed by atoms with Crippen LogP contribution in [0, 0.1) is 13.8 Å². The maximum atomic E-state index is 11.7. The molecule has 0 fully saturated rings. The zero-order valence-corrected chi connectivity index (χ0v) is 12.0. The second kappa shape index (κ2) is 6.25. The van der Waals surface area contributed by atoms with Crippen molar-refractivity contribution in [2.45, 2.75) is 13.8 Å². The number of anilines is 1. The first-order valence-corrected chi connectivity index (χ1v) is 6.80. The summed E-state index contributed by atoms with van der Waals surface area (Å²) in [6, 6.07) is 3.30. The minimum atomic E-state index is -0.334. The standard InChI is InChI=1S/C13H14N4O2S/c1-8-9(2)20-13(16-8)17-11(18)7-15-12(19)10-4-3-5-14-6-10/h3-6H,7H2,1-2H3,(H,15,19)(H,16,17,18). The second-order valence-electron chi connectivity index (χ2n) is 4.13. The van der Waals surface area contributed by atoms with Gasteiger partial charge in [-0.15, -0.1) is 11.3 Å². The Labute approximate surface area is 120 Å². The molecule has 0 radical (unpaired) electrons. The third-order valence-corrected chi connectivity index (χ3v) is 3.60. The number of thiazole rings is 1. The van der Waals surface area contributed by atoms with Crippen LogP contribution < -0.4 is 10.6 Å². The minimum Gasteiger partial charge on any atom is -0.343 e. The van der Waals surface area contributed by atoms with Crippen molar-refractivity contribution in [3.05, 3.63) is 40.7 Å². The van der Waals surface area contributed by atoms with Gasteiger partial charge in [0.1, 0.15) is 0 Å². The Kier molecular flexibility index (Phi) is 4.41. The summed E-state index contributed by atoms with van der Waals surface area (Å²) in [7, 11) is 0. The van der Waals surface area contributed by atoms with E-state index in [0.717, 1.165) is 10.6 Å². The van der Waals surface area contributed by atoms with Gasteiger partial charge in [-0.3, -0.25) is 14.6 Å². The first-order chi connectivity index (χ1) is 9.56. The molecule has 2 rings (SSSR count). The van der Waals surface area contributed by atoms with E-state index in [1.54, 1.807) is 18.3 Å². The smallest absolute Gasteiger partial charge is 0.253 e. The number of hydrogen-bond acceptors (Lipinski definition) is 5. The number of aryl methyl sites for hydroxylation is 2. The van der Waals surface area contributed by atoms with Crippen molar-refractivity contribution in [1.82, 2.24) is 15.3 Å². The van der Waals surface area contributed by atoms with Gasteiger partial charge in [0.15, 0.2) is 5.13 Å². The van der Waals surface area contributed by atoms with Crippen molar-refractivity contribution in [2.75, 3.05) is 11.9 Å². The molecule has 0 aliphatic rings. The number of carbonyl (C=O) groups excluding carboxylic acids is 2. The lowest BCUT2D eigenvalue weighted by molar-refractivity contribution is -0.115. The zero-order valence-electron chi connectivity index (χ0n) is 11.1. The van der Waals surface area contributed by atoms with Crippen LogP contribution in [0.2, 0.25) is 0 Å². The van der Waals surface area contributed by atoms with E-state index >= 15 is 0 Å². The van der Waals surface area contributed by atoms with Gasteiger partial charge in [-0.25, -0.2) is 4.98 Å². The van der Waals surface area contributed by atoms with Crippen LogP contribution in [0.15, 0.2) is 24.5 Å². The first kappa shape index (κ1) is 14.1. The molecule has 0 atom stereocenters. The molecule has 0 saturated heterocycles. The predicted octanol–water partition coefficient (Wildman–Crippen LogP) is 1.52. The molecule has 2 aromatic heterocycles. The highest BCUT2D eigenvalue weighted by atomic mass is 32.1. The number of amides is 2. The molecule has 104 valence electrons. The lowest BCUT2D eigenvalue weighted by atomic mass is 10.3. The summed E-state index contributed by atoms with van der Waals surface area (Å²) in [6.45, 7) is 3.71. The number of nitrogens with zero attached hydrogens (tertiary/aromatic N) is 2. The van der Waals surface area contributed by atoms with Gasteiger partial charge in [-0.05, 0) is 26.0 Å². The van der Waals surface area contributed by atoms with Gasteiger partial charge in [-0.2, -0.15) is 0 Å².